The third kappa shape index (κ3) is 13.0. The van der Waals surface area contributed by atoms with Gasteiger partial charge in [0.2, 0.25) is 0 Å². The maximum atomic E-state index is 5.05. The molecular formula is C31H52N2. The first kappa shape index (κ1) is 27.7. The Kier molecular flexibility index (Phi) is 15.8. The van der Waals surface area contributed by atoms with E-state index in [0.717, 1.165) is 25.8 Å². The summed E-state index contributed by atoms with van der Waals surface area (Å²) >= 11 is 0. The van der Waals surface area contributed by atoms with Gasteiger partial charge in [-0.15, -0.1) is 0 Å². The normalized spacial score (nSPS) is 11.3. The summed E-state index contributed by atoms with van der Waals surface area (Å²) in [5.41, 5.74) is 2.74. The van der Waals surface area contributed by atoms with Gasteiger partial charge in [0.15, 0.2) is 0 Å². The van der Waals surface area contributed by atoms with Crippen LogP contribution in [0.5, 0.6) is 0 Å². The van der Waals surface area contributed by atoms with Crippen LogP contribution in [0.25, 0.3) is 0 Å². The number of aryl methyl sites for hydroxylation is 4. The zero-order valence-corrected chi connectivity index (χ0v) is 22.0. The minimum Gasteiger partial charge on any atom is -0.335 e. The highest BCUT2D eigenvalue weighted by atomic mass is 15.1. The predicted octanol–water partition coefficient (Wildman–Crippen LogP) is 9.49. The maximum Gasteiger partial charge on any atom is 0.108 e. The van der Waals surface area contributed by atoms with Crippen LogP contribution in [0.2, 0.25) is 0 Å². The van der Waals surface area contributed by atoms with Crippen molar-refractivity contribution in [3.8, 4) is 0 Å². The summed E-state index contributed by atoms with van der Waals surface area (Å²) in [6.45, 7) is 5.71. The van der Waals surface area contributed by atoms with E-state index in [2.05, 4.69) is 54.9 Å². The lowest BCUT2D eigenvalue weighted by molar-refractivity contribution is 0.534. The number of unbranched alkanes of at least 4 members (excludes halogenated alkanes) is 13. The van der Waals surface area contributed by atoms with E-state index in [9.17, 15) is 0 Å². The number of nitrogens with zero attached hydrogens (tertiary/aromatic N) is 2. The Morgan fingerprint density at radius 3 is 1.76 bits per heavy atom. The summed E-state index contributed by atoms with van der Waals surface area (Å²) in [6, 6.07) is 10.9. The van der Waals surface area contributed by atoms with Crippen LogP contribution in [-0.2, 0) is 25.8 Å². The van der Waals surface area contributed by atoms with Crippen molar-refractivity contribution >= 4 is 0 Å². The Morgan fingerprint density at radius 1 is 0.576 bits per heavy atom. The van der Waals surface area contributed by atoms with Crippen LogP contribution in [0.4, 0.5) is 0 Å². The van der Waals surface area contributed by atoms with Gasteiger partial charge in [-0.1, -0.05) is 128 Å². The van der Waals surface area contributed by atoms with Crippen molar-refractivity contribution in [2.24, 2.45) is 0 Å². The first-order valence-corrected chi connectivity index (χ1v) is 14.4. The molecule has 0 N–H and O–H groups in total. The van der Waals surface area contributed by atoms with Crippen molar-refractivity contribution in [2.45, 2.75) is 142 Å². The van der Waals surface area contributed by atoms with Crippen LogP contribution in [0, 0.1) is 0 Å². The first-order valence-electron chi connectivity index (χ1n) is 14.4. The molecule has 2 nitrogen and oxygen atoms in total. The van der Waals surface area contributed by atoms with Crippen LogP contribution in [0.1, 0.15) is 134 Å². The largest absolute Gasteiger partial charge is 0.335 e. The lowest BCUT2D eigenvalue weighted by Crippen LogP contribution is -2.03. The van der Waals surface area contributed by atoms with Gasteiger partial charge < -0.3 is 4.57 Å². The van der Waals surface area contributed by atoms with E-state index in [0.29, 0.717) is 0 Å². The average molecular weight is 453 g/mol. The molecule has 0 amide bonds. The molecule has 0 atom stereocenters. The Hall–Kier alpha value is -1.57. The van der Waals surface area contributed by atoms with Crippen molar-refractivity contribution in [2.75, 3.05) is 0 Å². The van der Waals surface area contributed by atoms with E-state index in [4.69, 9.17) is 4.98 Å². The van der Waals surface area contributed by atoms with Crippen LogP contribution in [0.3, 0.4) is 0 Å². The van der Waals surface area contributed by atoms with Gasteiger partial charge in [0.25, 0.3) is 0 Å². The Balaban J connectivity index is 1.58. The highest BCUT2D eigenvalue weighted by molar-refractivity contribution is 5.15. The molecule has 2 aromatic rings. The van der Waals surface area contributed by atoms with Crippen LogP contribution < -0.4 is 0 Å². The summed E-state index contributed by atoms with van der Waals surface area (Å²) in [6.07, 6.45) is 27.8. The predicted molar refractivity (Wildman–Crippen MR) is 145 cm³/mol. The number of benzene rings is 1. The summed E-state index contributed by atoms with van der Waals surface area (Å²) < 4.78 is 2.46. The van der Waals surface area contributed by atoms with Gasteiger partial charge in [-0.05, 0) is 37.7 Å². The SMILES string of the molecule is CCCCCCCCCCCCCCCc1nc(CCCc2ccccc2)cn1CCCC. The fourth-order valence-corrected chi connectivity index (χ4v) is 4.77. The highest BCUT2D eigenvalue weighted by Crippen LogP contribution is 2.15. The van der Waals surface area contributed by atoms with Crippen LogP contribution in [0.15, 0.2) is 36.5 Å². The van der Waals surface area contributed by atoms with Crippen LogP contribution >= 0.6 is 0 Å². The molecule has 1 aromatic carbocycles. The minimum atomic E-state index is 1.10. The molecular weight excluding hydrogens is 400 g/mol. The fourth-order valence-electron chi connectivity index (χ4n) is 4.77. The third-order valence-corrected chi connectivity index (χ3v) is 6.91. The second-order valence-electron chi connectivity index (χ2n) is 10.0. The van der Waals surface area contributed by atoms with Gasteiger partial charge in [0.1, 0.15) is 5.82 Å². The summed E-state index contributed by atoms with van der Waals surface area (Å²) in [4.78, 5) is 5.05. The zero-order valence-electron chi connectivity index (χ0n) is 22.0. The molecule has 0 bridgehead atoms. The van der Waals surface area contributed by atoms with Crippen molar-refractivity contribution in [3.05, 3.63) is 53.6 Å². The molecule has 1 heterocycles. The van der Waals surface area contributed by atoms with Crippen LogP contribution in [-0.4, -0.2) is 9.55 Å². The Bertz CT molecular complexity index is 688. The zero-order chi connectivity index (χ0) is 23.4. The quantitative estimate of drug-likeness (QED) is 0.172. The smallest absolute Gasteiger partial charge is 0.108 e. The lowest BCUT2D eigenvalue weighted by atomic mass is 10.0. The summed E-state index contributed by atoms with van der Waals surface area (Å²) in [5, 5.41) is 0. The van der Waals surface area contributed by atoms with Gasteiger partial charge in [0.05, 0.1) is 5.69 Å². The lowest BCUT2D eigenvalue weighted by Gasteiger charge is -2.07. The van der Waals surface area contributed by atoms with Crippen molar-refractivity contribution in [1.82, 2.24) is 9.55 Å². The highest BCUT2D eigenvalue weighted by Gasteiger charge is 2.08. The molecule has 0 unspecified atom stereocenters. The molecule has 186 valence electrons. The molecule has 1 aromatic heterocycles. The number of rotatable bonds is 21. The molecule has 0 spiro atoms. The summed E-state index contributed by atoms with van der Waals surface area (Å²) in [7, 11) is 0. The third-order valence-electron chi connectivity index (χ3n) is 6.91. The van der Waals surface area contributed by atoms with Gasteiger partial charge in [0, 0.05) is 19.2 Å². The molecule has 2 heteroatoms. The standard InChI is InChI=1S/C31H52N2/c1-3-5-7-8-9-10-11-12-13-14-15-16-20-26-31-32-30(28-33(31)27-6-4-2)25-21-24-29-22-18-17-19-23-29/h17-19,22-23,28H,3-16,20-21,24-27H2,1-2H3. The molecule has 33 heavy (non-hydrogen) atoms. The van der Waals surface area contributed by atoms with Crippen molar-refractivity contribution in [3.63, 3.8) is 0 Å². The van der Waals surface area contributed by atoms with Gasteiger partial charge in [-0.2, -0.15) is 0 Å². The van der Waals surface area contributed by atoms with E-state index in [1.54, 1.807) is 0 Å². The Morgan fingerprint density at radius 2 is 1.15 bits per heavy atom. The van der Waals surface area contributed by atoms with Crippen molar-refractivity contribution in [1.29, 1.82) is 0 Å². The second kappa shape index (κ2) is 18.8. The first-order chi connectivity index (χ1) is 16.3. The fraction of sp³-hybridized carbons (Fsp3) is 0.710. The van der Waals surface area contributed by atoms with E-state index in [1.165, 1.54) is 120 Å². The average Bonchev–Trinajstić information content (AvgIpc) is 3.23. The second-order valence-corrected chi connectivity index (χ2v) is 10.0. The molecule has 0 aliphatic heterocycles. The molecule has 0 fully saturated rings. The van der Waals surface area contributed by atoms with Crippen molar-refractivity contribution < 1.29 is 0 Å². The van der Waals surface area contributed by atoms with E-state index in [1.807, 2.05) is 0 Å². The molecule has 0 saturated heterocycles. The summed E-state index contributed by atoms with van der Waals surface area (Å²) in [5.74, 6) is 1.33. The molecule has 0 saturated carbocycles. The minimum absolute atomic E-state index is 1.10. The number of imidazole rings is 1. The number of aromatic nitrogens is 2. The van der Waals surface area contributed by atoms with E-state index < -0.39 is 0 Å². The number of hydrogen-bond acceptors (Lipinski definition) is 1. The van der Waals surface area contributed by atoms with Gasteiger partial charge in [-0.3, -0.25) is 0 Å². The molecule has 2 rings (SSSR count). The molecule has 0 radical (unpaired) electrons. The Labute approximate surface area is 205 Å². The van der Waals surface area contributed by atoms with Gasteiger partial charge >= 0.3 is 0 Å². The maximum absolute atomic E-state index is 5.05. The van der Waals surface area contributed by atoms with E-state index >= 15 is 0 Å². The molecule has 0 aliphatic rings. The monoisotopic (exact) mass is 452 g/mol. The van der Waals surface area contributed by atoms with Gasteiger partial charge in [-0.25, -0.2) is 4.98 Å². The topological polar surface area (TPSA) is 17.8 Å². The van der Waals surface area contributed by atoms with E-state index in [-0.39, 0.29) is 0 Å². The number of hydrogen-bond donors (Lipinski definition) is 0. The molecule has 0 aliphatic carbocycles.